The zero-order valence-corrected chi connectivity index (χ0v) is 21.3. The van der Waals surface area contributed by atoms with E-state index >= 15 is 0 Å². The van der Waals surface area contributed by atoms with Crippen LogP contribution in [0.4, 0.5) is 8.78 Å². The SMILES string of the molecule is C[C@H](O)Cc1cc(F)c(C(=O)N[C@@H](Cc2ccc(-c3ccc(C#N)cc3Cl)c3ncccc23)C(=O)O)c(F)c1. The molecular weight excluding hydrogens is 528 g/mol. The summed E-state index contributed by atoms with van der Waals surface area (Å²) in [6.07, 6.45) is 0.506. The smallest absolute Gasteiger partial charge is 0.326 e. The molecule has 3 N–H and O–H groups in total. The molecule has 198 valence electrons. The molecule has 1 aromatic heterocycles. The molecule has 0 aliphatic carbocycles. The third-order valence-electron chi connectivity index (χ3n) is 6.14. The Hall–Kier alpha value is -4.39. The number of rotatable bonds is 8. The number of pyridine rings is 1. The second-order valence-electron chi connectivity index (χ2n) is 9.03. The molecule has 0 spiro atoms. The Balaban J connectivity index is 1.66. The molecule has 0 radical (unpaired) electrons. The number of aliphatic hydroxyl groups is 1. The highest BCUT2D eigenvalue weighted by Crippen LogP contribution is 2.34. The second kappa shape index (κ2) is 11.6. The van der Waals surface area contributed by atoms with Gasteiger partial charge in [0.05, 0.1) is 23.3 Å². The number of fused-ring (bicyclic) bond motifs is 1. The Morgan fingerprint density at radius 3 is 2.38 bits per heavy atom. The van der Waals surface area contributed by atoms with Crippen LogP contribution in [0.5, 0.6) is 0 Å². The summed E-state index contributed by atoms with van der Waals surface area (Å²) < 4.78 is 29.2. The van der Waals surface area contributed by atoms with Gasteiger partial charge < -0.3 is 15.5 Å². The number of hydrogen-bond acceptors (Lipinski definition) is 5. The molecule has 10 heteroatoms. The Kier molecular flexibility index (Phi) is 8.19. The van der Waals surface area contributed by atoms with Crippen molar-refractivity contribution in [3.05, 3.63) is 99.7 Å². The lowest BCUT2D eigenvalue weighted by Crippen LogP contribution is -2.43. The number of halogens is 3. The second-order valence-corrected chi connectivity index (χ2v) is 9.44. The van der Waals surface area contributed by atoms with Crippen LogP contribution in [-0.4, -0.2) is 39.2 Å². The highest BCUT2D eigenvalue weighted by molar-refractivity contribution is 6.33. The van der Waals surface area contributed by atoms with E-state index < -0.39 is 41.2 Å². The maximum atomic E-state index is 14.6. The maximum Gasteiger partial charge on any atom is 0.326 e. The van der Waals surface area contributed by atoms with Gasteiger partial charge in [-0.1, -0.05) is 35.9 Å². The monoisotopic (exact) mass is 549 g/mol. The maximum absolute atomic E-state index is 14.6. The summed E-state index contributed by atoms with van der Waals surface area (Å²) in [6.45, 7) is 1.46. The number of benzene rings is 3. The average Bonchev–Trinajstić information content (AvgIpc) is 2.87. The van der Waals surface area contributed by atoms with E-state index in [4.69, 9.17) is 16.9 Å². The van der Waals surface area contributed by atoms with Crippen LogP contribution in [-0.2, 0) is 17.6 Å². The number of hydrogen-bond donors (Lipinski definition) is 3. The normalized spacial score (nSPS) is 12.5. The van der Waals surface area contributed by atoms with Gasteiger partial charge in [-0.3, -0.25) is 9.78 Å². The number of nitrogens with zero attached hydrogens (tertiary/aromatic N) is 2. The van der Waals surface area contributed by atoms with Crippen molar-refractivity contribution >= 4 is 34.4 Å². The first-order valence-corrected chi connectivity index (χ1v) is 12.2. The summed E-state index contributed by atoms with van der Waals surface area (Å²) in [7, 11) is 0. The number of amides is 1. The molecule has 0 aliphatic heterocycles. The van der Waals surface area contributed by atoms with Crippen molar-refractivity contribution in [2.24, 2.45) is 0 Å². The van der Waals surface area contributed by atoms with Gasteiger partial charge in [-0.15, -0.1) is 0 Å². The van der Waals surface area contributed by atoms with Crippen LogP contribution < -0.4 is 5.32 Å². The minimum Gasteiger partial charge on any atom is -0.480 e. The van der Waals surface area contributed by atoms with E-state index in [1.807, 2.05) is 6.07 Å². The molecule has 0 saturated heterocycles. The fourth-order valence-corrected chi connectivity index (χ4v) is 4.66. The Bertz CT molecular complexity index is 1610. The van der Waals surface area contributed by atoms with Crippen molar-refractivity contribution in [1.82, 2.24) is 10.3 Å². The van der Waals surface area contributed by atoms with Crippen molar-refractivity contribution in [1.29, 1.82) is 5.26 Å². The van der Waals surface area contributed by atoms with Crippen molar-refractivity contribution in [2.75, 3.05) is 0 Å². The number of aliphatic hydroxyl groups excluding tert-OH is 1. The highest BCUT2D eigenvalue weighted by atomic mass is 35.5. The van der Waals surface area contributed by atoms with Gasteiger partial charge in [0, 0.05) is 34.2 Å². The van der Waals surface area contributed by atoms with E-state index in [0.717, 1.165) is 12.1 Å². The lowest BCUT2D eigenvalue weighted by atomic mass is 9.94. The molecule has 0 fully saturated rings. The number of aliphatic carboxylic acids is 1. The predicted molar refractivity (Wildman–Crippen MR) is 141 cm³/mol. The van der Waals surface area contributed by atoms with Crippen LogP contribution in [0.3, 0.4) is 0 Å². The van der Waals surface area contributed by atoms with Crippen LogP contribution >= 0.6 is 11.6 Å². The predicted octanol–water partition coefficient (Wildman–Crippen LogP) is 5.05. The first kappa shape index (κ1) is 27.6. The first-order valence-electron chi connectivity index (χ1n) is 11.8. The van der Waals surface area contributed by atoms with Gasteiger partial charge in [0.1, 0.15) is 23.2 Å². The van der Waals surface area contributed by atoms with Gasteiger partial charge in [0.25, 0.3) is 5.91 Å². The third-order valence-corrected chi connectivity index (χ3v) is 6.45. The molecule has 1 heterocycles. The topological polar surface area (TPSA) is 123 Å². The number of carbonyl (C=O) groups is 2. The molecule has 1 amide bonds. The van der Waals surface area contributed by atoms with E-state index in [9.17, 15) is 28.6 Å². The first-order chi connectivity index (χ1) is 18.6. The van der Waals surface area contributed by atoms with Gasteiger partial charge in [-0.2, -0.15) is 5.26 Å². The van der Waals surface area contributed by atoms with Gasteiger partial charge in [-0.25, -0.2) is 13.6 Å². The average molecular weight is 550 g/mol. The molecule has 0 saturated carbocycles. The zero-order chi connectivity index (χ0) is 28.3. The number of carbonyl (C=O) groups excluding carboxylic acids is 1. The lowest BCUT2D eigenvalue weighted by molar-refractivity contribution is -0.139. The summed E-state index contributed by atoms with van der Waals surface area (Å²) in [5.74, 6) is -4.94. The summed E-state index contributed by atoms with van der Waals surface area (Å²) in [4.78, 5) is 29.3. The van der Waals surface area contributed by atoms with Crippen molar-refractivity contribution in [2.45, 2.75) is 31.9 Å². The Labute approximate surface area is 227 Å². The van der Waals surface area contributed by atoms with E-state index in [2.05, 4.69) is 10.3 Å². The quantitative estimate of drug-likeness (QED) is 0.282. The largest absolute Gasteiger partial charge is 0.480 e. The summed E-state index contributed by atoms with van der Waals surface area (Å²) in [5, 5.41) is 31.5. The summed E-state index contributed by atoms with van der Waals surface area (Å²) in [5.41, 5.74) is 1.96. The van der Waals surface area contributed by atoms with Crippen molar-refractivity contribution < 1.29 is 28.6 Å². The van der Waals surface area contributed by atoms with Crippen LogP contribution in [0.2, 0.25) is 5.02 Å². The molecule has 0 bridgehead atoms. The molecule has 39 heavy (non-hydrogen) atoms. The molecule has 2 atom stereocenters. The summed E-state index contributed by atoms with van der Waals surface area (Å²) >= 11 is 6.41. The summed E-state index contributed by atoms with van der Waals surface area (Å²) in [6, 6.07) is 14.0. The molecule has 0 unspecified atom stereocenters. The molecule has 4 rings (SSSR count). The van der Waals surface area contributed by atoms with Crippen molar-refractivity contribution in [3.8, 4) is 17.2 Å². The fourth-order valence-electron chi connectivity index (χ4n) is 4.38. The molecule has 0 aliphatic rings. The van der Waals surface area contributed by atoms with Crippen LogP contribution in [0.1, 0.15) is 34.0 Å². The van der Waals surface area contributed by atoms with E-state index in [1.165, 1.54) is 13.0 Å². The Morgan fingerprint density at radius 1 is 1.08 bits per heavy atom. The Morgan fingerprint density at radius 2 is 1.77 bits per heavy atom. The van der Waals surface area contributed by atoms with E-state index in [-0.39, 0.29) is 18.4 Å². The molecule has 7 nitrogen and oxygen atoms in total. The van der Waals surface area contributed by atoms with E-state index in [0.29, 0.717) is 38.2 Å². The van der Waals surface area contributed by atoms with Crippen molar-refractivity contribution in [3.63, 3.8) is 0 Å². The number of nitriles is 1. The molecule has 4 aromatic rings. The minimum absolute atomic E-state index is 0.0156. The van der Waals surface area contributed by atoms with Gasteiger partial charge in [0.2, 0.25) is 0 Å². The standard InChI is InChI=1S/C29H22ClF2N3O4/c1-15(36)9-17-11-23(31)26(24(32)12-17)28(37)35-25(29(38)39)13-18-5-7-21(27-19(18)3-2-8-34-27)20-6-4-16(14-33)10-22(20)30/h2-8,10-12,15,25,36H,9,13H2,1H3,(H,35,37)(H,38,39)/t15-,25-/m0/s1. The number of aromatic nitrogens is 1. The molecular formula is C29H22ClF2N3O4. The van der Waals surface area contributed by atoms with Gasteiger partial charge in [0.15, 0.2) is 0 Å². The third kappa shape index (κ3) is 6.03. The van der Waals surface area contributed by atoms with E-state index in [1.54, 1.807) is 42.6 Å². The van der Waals surface area contributed by atoms with Crippen LogP contribution in [0.25, 0.3) is 22.0 Å². The molecule has 3 aromatic carbocycles. The highest BCUT2D eigenvalue weighted by Gasteiger charge is 2.26. The van der Waals surface area contributed by atoms with Gasteiger partial charge in [-0.05, 0) is 54.8 Å². The fraction of sp³-hybridized carbons (Fsp3) is 0.172. The minimum atomic E-state index is -1.51. The number of carboxylic acid groups (broad SMARTS) is 1. The van der Waals surface area contributed by atoms with Crippen LogP contribution in [0, 0.1) is 23.0 Å². The number of carboxylic acids is 1. The lowest BCUT2D eigenvalue weighted by Gasteiger charge is -2.18. The van der Waals surface area contributed by atoms with Gasteiger partial charge >= 0.3 is 5.97 Å². The number of nitrogens with one attached hydrogen (secondary N) is 1. The van der Waals surface area contributed by atoms with Crippen LogP contribution in [0.15, 0.2) is 60.8 Å². The zero-order valence-electron chi connectivity index (χ0n) is 20.6.